The molecule has 0 N–H and O–H groups in total. The van der Waals surface area contributed by atoms with Gasteiger partial charge in [0.05, 0.1) is 12.5 Å². The van der Waals surface area contributed by atoms with Crippen molar-refractivity contribution in [3.63, 3.8) is 0 Å². The number of amides is 1. The molecule has 29 heavy (non-hydrogen) atoms. The summed E-state index contributed by atoms with van der Waals surface area (Å²) < 4.78 is 5.13. The van der Waals surface area contributed by atoms with Gasteiger partial charge in [-0.15, -0.1) is 0 Å². The minimum Gasteiger partial charge on any atom is -0.455 e. The van der Waals surface area contributed by atoms with Crippen LogP contribution in [-0.2, 0) is 20.7 Å². The highest BCUT2D eigenvalue weighted by Crippen LogP contribution is 2.19. The van der Waals surface area contributed by atoms with Crippen LogP contribution in [-0.4, -0.2) is 25.0 Å². The van der Waals surface area contributed by atoms with Gasteiger partial charge in [-0.05, 0) is 28.8 Å². The lowest BCUT2D eigenvalue weighted by molar-refractivity contribution is -0.147. The molecule has 3 rings (SSSR count). The average molecular weight is 384 g/mol. The van der Waals surface area contributed by atoms with E-state index in [9.17, 15) is 9.59 Å². The highest BCUT2D eigenvalue weighted by atomic mass is 16.5. The minimum atomic E-state index is -0.490. The van der Waals surface area contributed by atoms with Crippen molar-refractivity contribution < 1.29 is 14.3 Å². The Bertz CT molecular complexity index is 994. The van der Waals surface area contributed by atoms with Gasteiger partial charge in [0.15, 0.2) is 6.61 Å². The van der Waals surface area contributed by atoms with E-state index in [4.69, 9.17) is 10.00 Å². The average Bonchev–Trinajstić information content (AvgIpc) is 2.77. The summed E-state index contributed by atoms with van der Waals surface area (Å²) in [5.74, 6) is -0.929. The summed E-state index contributed by atoms with van der Waals surface area (Å²) in [6.45, 7) is -0.515. The zero-order valence-corrected chi connectivity index (χ0v) is 15.8. The molecule has 0 aliphatic heterocycles. The number of hydrogen-bond acceptors (Lipinski definition) is 4. The van der Waals surface area contributed by atoms with Gasteiger partial charge in [-0.1, -0.05) is 72.8 Å². The van der Waals surface area contributed by atoms with Crippen molar-refractivity contribution in [3.8, 4) is 17.2 Å². The summed E-state index contributed by atoms with van der Waals surface area (Å²) in [5.41, 5.74) is 3.56. The van der Waals surface area contributed by atoms with Gasteiger partial charge in [-0.2, -0.15) is 5.26 Å². The Hall–Kier alpha value is -3.91. The number of nitriles is 1. The molecule has 144 valence electrons. The van der Waals surface area contributed by atoms with Gasteiger partial charge >= 0.3 is 5.97 Å². The van der Waals surface area contributed by atoms with Gasteiger partial charge in [0.25, 0.3) is 5.91 Å². The molecule has 5 nitrogen and oxygen atoms in total. The van der Waals surface area contributed by atoms with Gasteiger partial charge < -0.3 is 4.74 Å². The number of carbonyl (C=O) groups excluding carboxylic acids is 2. The van der Waals surface area contributed by atoms with Gasteiger partial charge in [0.2, 0.25) is 0 Å². The molecule has 0 bridgehead atoms. The van der Waals surface area contributed by atoms with Crippen LogP contribution in [0.15, 0.2) is 84.9 Å². The number of nitrogens with zero attached hydrogens (tertiary/aromatic N) is 2. The van der Waals surface area contributed by atoms with Crippen molar-refractivity contribution in [1.29, 1.82) is 5.26 Å². The van der Waals surface area contributed by atoms with Crippen LogP contribution >= 0.6 is 0 Å². The Morgan fingerprint density at radius 2 is 1.41 bits per heavy atom. The highest BCUT2D eigenvalue weighted by molar-refractivity contribution is 5.95. The maximum absolute atomic E-state index is 12.4. The minimum absolute atomic E-state index is 0.0753. The van der Waals surface area contributed by atoms with E-state index in [1.165, 1.54) is 4.90 Å². The largest absolute Gasteiger partial charge is 0.455 e. The molecule has 0 aliphatic carbocycles. The first-order valence-electron chi connectivity index (χ1n) is 9.20. The molecule has 0 atom stereocenters. The third kappa shape index (κ3) is 5.53. The monoisotopic (exact) mass is 384 g/mol. The van der Waals surface area contributed by atoms with E-state index in [-0.39, 0.29) is 13.0 Å². The van der Waals surface area contributed by atoms with E-state index in [0.29, 0.717) is 5.69 Å². The van der Waals surface area contributed by atoms with Crippen LogP contribution in [0.2, 0.25) is 0 Å². The Morgan fingerprint density at radius 1 is 0.828 bits per heavy atom. The van der Waals surface area contributed by atoms with Crippen LogP contribution in [0.3, 0.4) is 0 Å². The molecule has 0 spiro atoms. The maximum Gasteiger partial charge on any atom is 0.310 e. The predicted octanol–water partition coefficient (Wildman–Crippen LogP) is 4.00. The molecule has 0 saturated heterocycles. The smallest absolute Gasteiger partial charge is 0.310 e. The molecule has 0 fully saturated rings. The normalized spacial score (nSPS) is 10.0. The molecule has 0 unspecified atom stereocenters. The lowest BCUT2D eigenvalue weighted by atomic mass is 10.0. The molecule has 0 heterocycles. The van der Waals surface area contributed by atoms with Gasteiger partial charge in [0, 0.05) is 5.69 Å². The second kappa shape index (κ2) is 9.86. The zero-order valence-electron chi connectivity index (χ0n) is 15.8. The molecule has 3 aromatic rings. The van der Waals surface area contributed by atoms with Gasteiger partial charge in [-0.25, -0.2) is 0 Å². The van der Waals surface area contributed by atoms with Crippen LogP contribution in [0, 0.1) is 11.3 Å². The van der Waals surface area contributed by atoms with Crippen molar-refractivity contribution in [2.24, 2.45) is 0 Å². The first kappa shape index (κ1) is 19.8. The second-order valence-electron chi connectivity index (χ2n) is 6.37. The first-order chi connectivity index (χ1) is 14.2. The number of para-hydroxylation sites is 1. The fourth-order valence-electron chi connectivity index (χ4n) is 2.89. The standard InChI is InChI=1S/C24H20N2O3/c25-15-16-26(22-9-5-2-6-10-22)23(27)18-29-24(28)17-19-11-13-21(14-12-19)20-7-3-1-4-8-20/h1-14H,16-18H2. The van der Waals surface area contributed by atoms with E-state index in [1.807, 2.05) is 66.7 Å². The Balaban J connectivity index is 1.55. The van der Waals surface area contributed by atoms with Crippen molar-refractivity contribution in [2.75, 3.05) is 18.1 Å². The molecule has 0 aliphatic rings. The number of benzene rings is 3. The molecule has 0 saturated carbocycles. The quantitative estimate of drug-likeness (QED) is 0.456. The second-order valence-corrected chi connectivity index (χ2v) is 6.37. The third-order valence-electron chi connectivity index (χ3n) is 4.36. The number of hydrogen-bond donors (Lipinski definition) is 0. The van der Waals surface area contributed by atoms with Crippen LogP contribution in [0.4, 0.5) is 5.69 Å². The SMILES string of the molecule is N#CCN(C(=O)COC(=O)Cc1ccc(-c2ccccc2)cc1)c1ccccc1. The molecule has 0 aromatic heterocycles. The summed E-state index contributed by atoms with van der Waals surface area (Å²) >= 11 is 0. The van der Waals surface area contributed by atoms with E-state index in [1.54, 1.807) is 24.3 Å². The fraction of sp³-hybridized carbons (Fsp3) is 0.125. The Kier molecular flexibility index (Phi) is 6.75. The van der Waals surface area contributed by atoms with Crippen LogP contribution in [0.5, 0.6) is 0 Å². The number of carbonyl (C=O) groups is 2. The Morgan fingerprint density at radius 3 is 2.03 bits per heavy atom. The number of anilines is 1. The molecular formula is C24H20N2O3. The van der Waals surface area contributed by atoms with E-state index >= 15 is 0 Å². The lowest BCUT2D eigenvalue weighted by Crippen LogP contribution is -2.35. The molecule has 0 radical (unpaired) electrons. The number of esters is 1. The summed E-state index contributed by atoms with van der Waals surface area (Å²) in [4.78, 5) is 25.8. The van der Waals surface area contributed by atoms with E-state index in [2.05, 4.69) is 0 Å². The van der Waals surface area contributed by atoms with E-state index < -0.39 is 18.5 Å². The molecule has 3 aromatic carbocycles. The molecule has 1 amide bonds. The Labute approximate surface area is 169 Å². The molecular weight excluding hydrogens is 364 g/mol. The van der Waals surface area contributed by atoms with Crippen LogP contribution in [0.25, 0.3) is 11.1 Å². The summed E-state index contributed by atoms with van der Waals surface area (Å²) in [6, 6.07) is 28.4. The van der Waals surface area contributed by atoms with Crippen LogP contribution < -0.4 is 4.90 Å². The van der Waals surface area contributed by atoms with Crippen molar-refractivity contribution in [3.05, 3.63) is 90.5 Å². The summed E-state index contributed by atoms with van der Waals surface area (Å²) in [6.07, 6.45) is 0.0753. The maximum atomic E-state index is 12.4. The summed E-state index contributed by atoms with van der Waals surface area (Å²) in [5, 5.41) is 8.97. The summed E-state index contributed by atoms with van der Waals surface area (Å²) in [7, 11) is 0. The highest BCUT2D eigenvalue weighted by Gasteiger charge is 2.17. The predicted molar refractivity (Wildman–Crippen MR) is 111 cm³/mol. The van der Waals surface area contributed by atoms with Gasteiger partial charge in [0.1, 0.15) is 6.54 Å². The lowest BCUT2D eigenvalue weighted by Gasteiger charge is -2.19. The van der Waals surface area contributed by atoms with Crippen molar-refractivity contribution in [1.82, 2.24) is 0 Å². The van der Waals surface area contributed by atoms with Gasteiger partial charge in [-0.3, -0.25) is 14.5 Å². The van der Waals surface area contributed by atoms with Crippen LogP contribution in [0.1, 0.15) is 5.56 Å². The van der Waals surface area contributed by atoms with E-state index in [0.717, 1.165) is 16.7 Å². The topological polar surface area (TPSA) is 70.4 Å². The fourth-order valence-corrected chi connectivity index (χ4v) is 2.89. The number of ether oxygens (including phenoxy) is 1. The third-order valence-corrected chi connectivity index (χ3v) is 4.36. The van der Waals surface area contributed by atoms with Crippen molar-refractivity contribution in [2.45, 2.75) is 6.42 Å². The molecule has 5 heteroatoms. The number of rotatable bonds is 7. The van der Waals surface area contributed by atoms with Crippen molar-refractivity contribution >= 4 is 17.6 Å². The first-order valence-corrected chi connectivity index (χ1v) is 9.20. The zero-order chi connectivity index (χ0) is 20.5.